The second-order valence-corrected chi connectivity index (χ2v) is 11.7. The number of methoxy groups -OCH3 is 1. The van der Waals surface area contributed by atoms with E-state index in [0.717, 1.165) is 52.9 Å². The van der Waals surface area contributed by atoms with E-state index in [9.17, 15) is 18.0 Å². The smallest absolute Gasteiger partial charge is 0.244 e. The molecule has 0 radical (unpaired) electrons. The highest BCUT2D eigenvalue weighted by molar-refractivity contribution is 7.92. The van der Waals surface area contributed by atoms with Crippen molar-refractivity contribution in [3.05, 3.63) is 59.2 Å². The molecule has 37 heavy (non-hydrogen) atoms. The zero-order valence-electron chi connectivity index (χ0n) is 22.5. The first-order valence-electron chi connectivity index (χ1n) is 12.8. The van der Waals surface area contributed by atoms with Crippen LogP contribution in [0.2, 0.25) is 0 Å². The molecule has 0 bridgehead atoms. The van der Waals surface area contributed by atoms with Crippen LogP contribution in [0.5, 0.6) is 5.75 Å². The predicted molar refractivity (Wildman–Crippen MR) is 146 cm³/mol. The number of amides is 2. The molecule has 2 aromatic carbocycles. The highest BCUT2D eigenvalue weighted by Crippen LogP contribution is 2.24. The summed E-state index contributed by atoms with van der Waals surface area (Å²) in [6, 6.07) is 12.0. The quantitative estimate of drug-likeness (QED) is 0.476. The topological polar surface area (TPSA) is 96.0 Å². The molecule has 0 saturated heterocycles. The van der Waals surface area contributed by atoms with Crippen molar-refractivity contribution in [3.8, 4) is 5.75 Å². The van der Waals surface area contributed by atoms with E-state index in [2.05, 4.69) is 5.32 Å². The van der Waals surface area contributed by atoms with Crippen LogP contribution in [0.1, 0.15) is 55.7 Å². The minimum absolute atomic E-state index is 0.113. The number of ether oxygens (including phenoxy) is 1. The lowest BCUT2D eigenvalue weighted by atomic mass is 10.1. The fraction of sp³-hybridized carbons (Fsp3) is 0.500. The molecule has 8 nitrogen and oxygen atoms in total. The highest BCUT2D eigenvalue weighted by atomic mass is 32.2. The van der Waals surface area contributed by atoms with Gasteiger partial charge in [-0.2, -0.15) is 0 Å². The largest absolute Gasteiger partial charge is 0.497 e. The highest BCUT2D eigenvalue weighted by Gasteiger charge is 2.33. The molecule has 1 aliphatic rings. The van der Waals surface area contributed by atoms with Crippen LogP contribution < -0.4 is 14.4 Å². The normalized spacial score (nSPS) is 14.7. The minimum Gasteiger partial charge on any atom is -0.497 e. The van der Waals surface area contributed by atoms with Gasteiger partial charge in [-0.15, -0.1) is 0 Å². The van der Waals surface area contributed by atoms with Gasteiger partial charge in [0.2, 0.25) is 21.8 Å². The molecule has 2 amide bonds. The molecule has 0 spiro atoms. The molecule has 1 unspecified atom stereocenters. The SMILES string of the molecule is CCC(C(=O)NC1CCCC1)N(Cc1ccc(OC)cc1)C(=O)CN(c1ccc(C)c(C)c1)S(C)(=O)=O. The van der Waals surface area contributed by atoms with Gasteiger partial charge in [-0.1, -0.05) is 38.0 Å². The summed E-state index contributed by atoms with van der Waals surface area (Å²) in [6.07, 6.45) is 5.52. The lowest BCUT2D eigenvalue weighted by molar-refractivity contribution is -0.140. The van der Waals surface area contributed by atoms with Crippen molar-refractivity contribution in [1.82, 2.24) is 10.2 Å². The van der Waals surface area contributed by atoms with Crippen LogP contribution >= 0.6 is 0 Å². The van der Waals surface area contributed by atoms with E-state index in [-0.39, 0.29) is 18.5 Å². The number of carbonyl (C=O) groups excluding carboxylic acids is 2. The van der Waals surface area contributed by atoms with E-state index in [1.807, 2.05) is 39.0 Å². The summed E-state index contributed by atoms with van der Waals surface area (Å²) in [6.45, 7) is 5.48. The van der Waals surface area contributed by atoms with Gasteiger partial charge in [-0.3, -0.25) is 13.9 Å². The number of carbonyl (C=O) groups is 2. The summed E-state index contributed by atoms with van der Waals surface area (Å²) >= 11 is 0. The Morgan fingerprint density at radius 2 is 1.70 bits per heavy atom. The number of anilines is 1. The number of hydrogen-bond donors (Lipinski definition) is 1. The Morgan fingerprint density at radius 3 is 2.24 bits per heavy atom. The summed E-state index contributed by atoms with van der Waals surface area (Å²) in [5.41, 5.74) is 3.19. The first-order valence-corrected chi connectivity index (χ1v) is 14.7. The lowest BCUT2D eigenvalue weighted by Crippen LogP contribution is -2.53. The number of benzene rings is 2. The Kier molecular flexibility index (Phi) is 9.59. The predicted octanol–water partition coefficient (Wildman–Crippen LogP) is 3.94. The van der Waals surface area contributed by atoms with Crippen molar-refractivity contribution < 1.29 is 22.7 Å². The fourth-order valence-corrected chi connectivity index (χ4v) is 5.55. The molecule has 1 N–H and O–H groups in total. The van der Waals surface area contributed by atoms with Crippen LogP contribution in [0.15, 0.2) is 42.5 Å². The van der Waals surface area contributed by atoms with E-state index in [1.54, 1.807) is 31.4 Å². The van der Waals surface area contributed by atoms with Crippen molar-refractivity contribution in [3.63, 3.8) is 0 Å². The van der Waals surface area contributed by atoms with Gasteiger partial charge in [0.05, 0.1) is 19.1 Å². The van der Waals surface area contributed by atoms with Crippen molar-refractivity contribution >= 4 is 27.5 Å². The molecule has 1 aliphatic carbocycles. The third-order valence-corrected chi connectivity index (χ3v) is 8.20. The first-order chi connectivity index (χ1) is 17.5. The second-order valence-electron chi connectivity index (χ2n) is 9.82. The number of nitrogens with zero attached hydrogens (tertiary/aromatic N) is 2. The maximum Gasteiger partial charge on any atom is 0.244 e. The zero-order valence-corrected chi connectivity index (χ0v) is 23.3. The van der Waals surface area contributed by atoms with Crippen LogP contribution in [0.4, 0.5) is 5.69 Å². The van der Waals surface area contributed by atoms with E-state index in [1.165, 1.54) is 4.90 Å². The molecule has 9 heteroatoms. The van der Waals surface area contributed by atoms with Crippen molar-refractivity contribution in [1.29, 1.82) is 0 Å². The molecule has 3 rings (SSSR count). The number of sulfonamides is 1. The van der Waals surface area contributed by atoms with Crippen LogP contribution in [0.3, 0.4) is 0 Å². The van der Waals surface area contributed by atoms with Crippen molar-refractivity contribution in [2.45, 2.75) is 71.5 Å². The van der Waals surface area contributed by atoms with Gasteiger partial charge < -0.3 is 15.0 Å². The average Bonchev–Trinajstić information content (AvgIpc) is 3.36. The maximum atomic E-state index is 13.8. The summed E-state index contributed by atoms with van der Waals surface area (Å²) < 4.78 is 31.9. The Labute approximate surface area is 221 Å². The molecule has 202 valence electrons. The maximum absolute atomic E-state index is 13.8. The Morgan fingerprint density at radius 1 is 1.05 bits per heavy atom. The summed E-state index contributed by atoms with van der Waals surface area (Å²) in [5, 5.41) is 3.11. The van der Waals surface area contributed by atoms with Gasteiger partial charge in [0, 0.05) is 12.6 Å². The van der Waals surface area contributed by atoms with Crippen LogP contribution in [-0.4, -0.2) is 57.1 Å². The number of aryl methyl sites for hydroxylation is 2. The van der Waals surface area contributed by atoms with Gasteiger partial charge in [0.25, 0.3) is 0 Å². The van der Waals surface area contributed by atoms with Crippen LogP contribution in [-0.2, 0) is 26.2 Å². The van der Waals surface area contributed by atoms with E-state index in [4.69, 9.17) is 4.74 Å². The fourth-order valence-electron chi connectivity index (χ4n) is 4.71. The summed E-state index contributed by atoms with van der Waals surface area (Å²) in [4.78, 5) is 28.7. The molecule has 1 saturated carbocycles. The molecular weight excluding hydrogens is 490 g/mol. The number of nitrogens with one attached hydrogen (secondary N) is 1. The standard InChI is InChI=1S/C28H39N3O5S/c1-6-26(28(33)29-23-9-7-8-10-23)30(18-22-12-15-25(36-4)16-13-22)27(32)19-31(37(5,34)35)24-14-11-20(2)21(3)17-24/h11-17,23,26H,6-10,18-19H2,1-5H3,(H,29,33). The molecular formula is C28H39N3O5S. The van der Waals surface area contributed by atoms with Gasteiger partial charge in [-0.05, 0) is 74.1 Å². The Hall–Kier alpha value is -3.07. The summed E-state index contributed by atoms with van der Waals surface area (Å²) in [7, 11) is -2.18. The third kappa shape index (κ3) is 7.47. The Bertz CT molecular complexity index is 1190. The monoisotopic (exact) mass is 529 g/mol. The van der Waals surface area contributed by atoms with Gasteiger partial charge in [-0.25, -0.2) is 8.42 Å². The van der Waals surface area contributed by atoms with Crippen molar-refractivity contribution in [2.75, 3.05) is 24.2 Å². The number of rotatable bonds is 11. The Balaban J connectivity index is 1.93. The van der Waals surface area contributed by atoms with Gasteiger partial charge in [0.1, 0.15) is 18.3 Å². The zero-order chi connectivity index (χ0) is 27.2. The molecule has 2 aromatic rings. The van der Waals surface area contributed by atoms with E-state index >= 15 is 0 Å². The molecule has 0 aliphatic heterocycles. The first kappa shape index (κ1) is 28.5. The average molecular weight is 530 g/mol. The van der Waals surface area contributed by atoms with E-state index in [0.29, 0.717) is 17.9 Å². The lowest BCUT2D eigenvalue weighted by Gasteiger charge is -2.33. The minimum atomic E-state index is -3.76. The summed E-state index contributed by atoms with van der Waals surface area (Å²) in [5.74, 6) is 0.0480. The second kappa shape index (κ2) is 12.4. The van der Waals surface area contributed by atoms with Gasteiger partial charge >= 0.3 is 0 Å². The van der Waals surface area contributed by atoms with Gasteiger partial charge in [0.15, 0.2) is 0 Å². The molecule has 1 fully saturated rings. The van der Waals surface area contributed by atoms with Crippen molar-refractivity contribution in [2.24, 2.45) is 0 Å². The third-order valence-electron chi connectivity index (χ3n) is 7.06. The molecule has 0 heterocycles. The molecule has 1 atom stereocenters. The van der Waals surface area contributed by atoms with Crippen LogP contribution in [0.25, 0.3) is 0 Å². The number of hydrogen-bond acceptors (Lipinski definition) is 5. The van der Waals surface area contributed by atoms with Crippen LogP contribution in [0, 0.1) is 13.8 Å². The van der Waals surface area contributed by atoms with E-state index < -0.39 is 28.5 Å². The molecule has 0 aromatic heterocycles.